The lowest BCUT2D eigenvalue weighted by molar-refractivity contribution is 0.476. The number of rotatable bonds is 5. The molecule has 0 amide bonds. The van der Waals surface area contributed by atoms with Gasteiger partial charge >= 0.3 is 0 Å². The van der Waals surface area contributed by atoms with Crippen molar-refractivity contribution < 1.29 is 4.42 Å². The van der Waals surface area contributed by atoms with Gasteiger partial charge in [-0.3, -0.25) is 0 Å². The van der Waals surface area contributed by atoms with E-state index in [0.717, 1.165) is 12.0 Å². The predicted molar refractivity (Wildman–Crippen MR) is 69.0 cm³/mol. The van der Waals surface area contributed by atoms with Gasteiger partial charge in [-0.15, -0.1) is 10.2 Å². The van der Waals surface area contributed by atoms with E-state index >= 15 is 0 Å². The van der Waals surface area contributed by atoms with Crippen LogP contribution in [0, 0.1) is 0 Å². The van der Waals surface area contributed by atoms with Gasteiger partial charge in [-0.25, -0.2) is 0 Å². The zero-order chi connectivity index (χ0) is 12.4. The van der Waals surface area contributed by atoms with Crippen LogP contribution in [0.2, 0.25) is 0 Å². The molecule has 18 heavy (non-hydrogen) atoms. The number of nitrogens with zero attached hydrogens (tertiary/aromatic N) is 2. The molecular formula is C14H17N3O. The summed E-state index contributed by atoms with van der Waals surface area (Å²) in [7, 11) is 0. The fourth-order valence-electron chi connectivity index (χ4n) is 1.84. The van der Waals surface area contributed by atoms with Gasteiger partial charge in [-0.05, 0) is 37.0 Å². The Morgan fingerprint density at radius 1 is 1.22 bits per heavy atom. The molecular weight excluding hydrogens is 226 g/mol. The van der Waals surface area contributed by atoms with Gasteiger partial charge in [0.1, 0.15) is 0 Å². The summed E-state index contributed by atoms with van der Waals surface area (Å²) in [5.41, 5.74) is 2.30. The van der Waals surface area contributed by atoms with Crippen LogP contribution >= 0.6 is 0 Å². The van der Waals surface area contributed by atoms with E-state index in [0.29, 0.717) is 24.4 Å². The lowest BCUT2D eigenvalue weighted by Gasteiger charge is -1.98. The van der Waals surface area contributed by atoms with Crippen molar-refractivity contribution in [2.45, 2.75) is 38.8 Å². The highest BCUT2D eigenvalue weighted by molar-refractivity contribution is 5.52. The van der Waals surface area contributed by atoms with E-state index in [1.54, 1.807) is 0 Å². The quantitative estimate of drug-likeness (QED) is 0.876. The average Bonchev–Trinajstić information content (AvgIpc) is 3.14. The molecule has 0 atom stereocenters. The molecule has 1 N–H and O–H groups in total. The van der Waals surface area contributed by atoms with E-state index in [-0.39, 0.29) is 0 Å². The molecule has 0 aliphatic heterocycles. The second-order valence-corrected chi connectivity index (χ2v) is 4.71. The van der Waals surface area contributed by atoms with Gasteiger partial charge in [0.15, 0.2) is 0 Å². The Bertz CT molecular complexity index is 514. The third-order valence-electron chi connectivity index (χ3n) is 3.20. The summed E-state index contributed by atoms with van der Waals surface area (Å²) in [6, 6.07) is 8.92. The van der Waals surface area contributed by atoms with E-state index in [1.165, 1.54) is 18.4 Å². The van der Waals surface area contributed by atoms with Gasteiger partial charge in [0.2, 0.25) is 11.8 Å². The van der Waals surface area contributed by atoms with Crippen molar-refractivity contribution in [2.75, 3.05) is 0 Å². The van der Waals surface area contributed by atoms with Gasteiger partial charge in [-0.1, -0.05) is 19.1 Å². The normalized spacial score (nSPS) is 14.9. The van der Waals surface area contributed by atoms with Crippen LogP contribution < -0.4 is 5.32 Å². The summed E-state index contributed by atoms with van der Waals surface area (Å²) in [5, 5.41) is 11.5. The lowest BCUT2D eigenvalue weighted by atomic mass is 10.1. The Hall–Kier alpha value is -1.68. The maximum absolute atomic E-state index is 5.64. The first-order chi connectivity index (χ1) is 8.85. The van der Waals surface area contributed by atoms with Crippen LogP contribution in [0.15, 0.2) is 28.7 Å². The Morgan fingerprint density at radius 3 is 2.67 bits per heavy atom. The fraction of sp³-hybridized carbons (Fsp3) is 0.429. The molecule has 0 spiro atoms. The molecule has 0 radical (unpaired) electrons. The highest BCUT2D eigenvalue weighted by Crippen LogP contribution is 2.21. The zero-order valence-corrected chi connectivity index (χ0v) is 10.5. The first-order valence-corrected chi connectivity index (χ1v) is 6.50. The van der Waals surface area contributed by atoms with Crippen LogP contribution in [0.5, 0.6) is 0 Å². The lowest BCUT2D eigenvalue weighted by Crippen LogP contribution is -2.15. The first-order valence-electron chi connectivity index (χ1n) is 6.50. The van der Waals surface area contributed by atoms with Crippen LogP contribution in [0.1, 0.15) is 31.2 Å². The van der Waals surface area contributed by atoms with Crippen LogP contribution in [0.25, 0.3) is 11.5 Å². The van der Waals surface area contributed by atoms with Crippen molar-refractivity contribution in [1.82, 2.24) is 15.5 Å². The number of hydrogen-bond acceptors (Lipinski definition) is 4. The van der Waals surface area contributed by atoms with Crippen molar-refractivity contribution in [1.29, 1.82) is 0 Å². The second kappa shape index (κ2) is 4.90. The summed E-state index contributed by atoms with van der Waals surface area (Å²) < 4.78 is 5.64. The molecule has 4 nitrogen and oxygen atoms in total. The first kappa shape index (κ1) is 11.4. The van der Waals surface area contributed by atoms with E-state index < -0.39 is 0 Å². The standard InChI is InChI=1S/C14H17N3O/c1-2-10-3-5-11(6-4-10)14-17-16-13(18-14)9-15-12-7-8-12/h3-6,12,15H,2,7-9H2,1H3. The van der Waals surface area contributed by atoms with Crippen LogP contribution in [0.3, 0.4) is 0 Å². The molecule has 1 aliphatic carbocycles. The van der Waals surface area contributed by atoms with Crippen LogP contribution in [-0.2, 0) is 13.0 Å². The molecule has 3 rings (SSSR count). The van der Waals surface area contributed by atoms with Gasteiger partial charge in [0, 0.05) is 11.6 Å². The molecule has 0 bridgehead atoms. The van der Waals surface area contributed by atoms with Gasteiger partial charge < -0.3 is 9.73 Å². The number of nitrogens with one attached hydrogen (secondary N) is 1. The molecule has 4 heteroatoms. The SMILES string of the molecule is CCc1ccc(-c2nnc(CNC3CC3)o2)cc1. The summed E-state index contributed by atoms with van der Waals surface area (Å²) in [5.74, 6) is 1.27. The molecule has 0 unspecified atom stereocenters. The van der Waals surface area contributed by atoms with Gasteiger partial charge in [0.25, 0.3) is 0 Å². The summed E-state index contributed by atoms with van der Waals surface area (Å²) in [6.45, 7) is 2.81. The molecule has 94 valence electrons. The molecule has 1 aromatic heterocycles. The monoisotopic (exact) mass is 243 g/mol. The van der Waals surface area contributed by atoms with Gasteiger partial charge in [0.05, 0.1) is 6.54 Å². The van der Waals surface area contributed by atoms with E-state index in [2.05, 4.69) is 34.6 Å². The molecule has 1 heterocycles. The van der Waals surface area contributed by atoms with Crippen molar-refractivity contribution in [3.8, 4) is 11.5 Å². The number of benzene rings is 1. The smallest absolute Gasteiger partial charge is 0.247 e. The molecule has 1 aromatic carbocycles. The van der Waals surface area contributed by atoms with Crippen molar-refractivity contribution in [3.05, 3.63) is 35.7 Å². The third kappa shape index (κ3) is 2.59. The summed E-state index contributed by atoms with van der Waals surface area (Å²) in [4.78, 5) is 0. The summed E-state index contributed by atoms with van der Waals surface area (Å²) in [6.07, 6.45) is 3.57. The highest BCUT2D eigenvalue weighted by Gasteiger charge is 2.21. The Balaban J connectivity index is 1.70. The maximum Gasteiger partial charge on any atom is 0.247 e. The minimum absolute atomic E-state index is 0.602. The molecule has 1 saturated carbocycles. The number of aryl methyl sites for hydroxylation is 1. The van der Waals surface area contributed by atoms with E-state index in [1.807, 2.05) is 12.1 Å². The zero-order valence-electron chi connectivity index (χ0n) is 10.5. The van der Waals surface area contributed by atoms with E-state index in [9.17, 15) is 0 Å². The van der Waals surface area contributed by atoms with Crippen molar-refractivity contribution in [3.63, 3.8) is 0 Å². The van der Waals surface area contributed by atoms with Crippen molar-refractivity contribution >= 4 is 0 Å². The van der Waals surface area contributed by atoms with E-state index in [4.69, 9.17) is 4.42 Å². The number of aromatic nitrogens is 2. The average molecular weight is 243 g/mol. The summed E-state index contributed by atoms with van der Waals surface area (Å²) >= 11 is 0. The topological polar surface area (TPSA) is 51.0 Å². The highest BCUT2D eigenvalue weighted by atomic mass is 16.4. The Kier molecular flexibility index (Phi) is 3.11. The second-order valence-electron chi connectivity index (χ2n) is 4.71. The fourth-order valence-corrected chi connectivity index (χ4v) is 1.84. The van der Waals surface area contributed by atoms with Crippen LogP contribution in [0.4, 0.5) is 0 Å². The molecule has 1 fully saturated rings. The largest absolute Gasteiger partial charge is 0.419 e. The Labute approximate surface area is 106 Å². The third-order valence-corrected chi connectivity index (χ3v) is 3.20. The number of hydrogen-bond donors (Lipinski definition) is 1. The Morgan fingerprint density at radius 2 is 2.00 bits per heavy atom. The van der Waals surface area contributed by atoms with Crippen LogP contribution in [-0.4, -0.2) is 16.2 Å². The van der Waals surface area contributed by atoms with Crippen molar-refractivity contribution in [2.24, 2.45) is 0 Å². The molecule has 2 aromatic rings. The molecule has 1 aliphatic rings. The minimum Gasteiger partial charge on any atom is -0.419 e. The molecule has 0 saturated heterocycles. The maximum atomic E-state index is 5.64. The minimum atomic E-state index is 0.602. The van der Waals surface area contributed by atoms with Gasteiger partial charge in [-0.2, -0.15) is 0 Å². The predicted octanol–water partition coefficient (Wildman–Crippen LogP) is 2.55.